The summed E-state index contributed by atoms with van der Waals surface area (Å²) in [4.78, 5) is 21.0. The van der Waals surface area contributed by atoms with E-state index in [1.165, 1.54) is 0 Å². The fraction of sp³-hybridized carbons (Fsp3) is 0.0455. The molecule has 4 nitrogen and oxygen atoms in total. The Morgan fingerprint density at radius 3 is 2.36 bits per heavy atom. The van der Waals surface area contributed by atoms with Crippen LogP contribution in [0.1, 0.15) is 5.56 Å². The van der Waals surface area contributed by atoms with Crippen LogP contribution in [-0.4, -0.2) is 15.9 Å². The number of anilines is 1. The lowest BCUT2D eigenvalue weighted by atomic mass is 10.1. The Hall–Kier alpha value is -2.58. The summed E-state index contributed by atoms with van der Waals surface area (Å²) in [6, 6.07) is 19.7. The number of pyridine rings is 1. The van der Waals surface area contributed by atoms with Crippen molar-refractivity contribution in [2.45, 2.75) is 6.42 Å². The van der Waals surface area contributed by atoms with Gasteiger partial charge in [-0.2, -0.15) is 0 Å². The van der Waals surface area contributed by atoms with Gasteiger partial charge in [0.1, 0.15) is 5.01 Å². The van der Waals surface area contributed by atoms with Gasteiger partial charge in [0, 0.05) is 38.2 Å². The molecule has 4 rings (SSSR count). The highest BCUT2D eigenvalue weighted by Crippen LogP contribution is 2.28. The molecule has 0 aliphatic heterocycles. The molecule has 0 radical (unpaired) electrons. The Bertz CT molecular complexity index is 1080. The Kier molecular flexibility index (Phi) is 5.78. The largest absolute Gasteiger partial charge is 0.326 e. The number of halogens is 1. The van der Waals surface area contributed by atoms with Crippen molar-refractivity contribution in [1.82, 2.24) is 9.97 Å². The SMILES string of the molecule is O=C(Cc1ccc(-c2csc(-c3ccncc3)n2)cc1)Nc1ccc(I)cc1. The number of rotatable bonds is 5. The van der Waals surface area contributed by atoms with Gasteiger partial charge in [0.05, 0.1) is 12.1 Å². The highest BCUT2D eigenvalue weighted by molar-refractivity contribution is 14.1. The van der Waals surface area contributed by atoms with Gasteiger partial charge >= 0.3 is 0 Å². The number of hydrogen-bond donors (Lipinski definition) is 1. The Morgan fingerprint density at radius 2 is 1.64 bits per heavy atom. The highest BCUT2D eigenvalue weighted by atomic mass is 127. The van der Waals surface area contributed by atoms with Crippen molar-refractivity contribution in [3.8, 4) is 21.8 Å². The topological polar surface area (TPSA) is 54.9 Å². The molecule has 0 aliphatic carbocycles. The third kappa shape index (κ3) is 4.63. The molecule has 0 bridgehead atoms. The summed E-state index contributed by atoms with van der Waals surface area (Å²) < 4.78 is 1.14. The lowest BCUT2D eigenvalue weighted by molar-refractivity contribution is -0.115. The highest BCUT2D eigenvalue weighted by Gasteiger charge is 2.08. The molecule has 138 valence electrons. The second-order valence-corrected chi connectivity index (χ2v) is 8.31. The van der Waals surface area contributed by atoms with Gasteiger partial charge in [-0.25, -0.2) is 4.98 Å². The molecule has 0 spiro atoms. The van der Waals surface area contributed by atoms with Crippen LogP contribution in [0.3, 0.4) is 0 Å². The molecule has 0 saturated heterocycles. The van der Waals surface area contributed by atoms with Gasteiger partial charge in [0.25, 0.3) is 0 Å². The molecular weight excluding hydrogens is 481 g/mol. The minimum atomic E-state index is -0.0254. The normalized spacial score (nSPS) is 10.6. The molecule has 2 aromatic heterocycles. The van der Waals surface area contributed by atoms with Crippen LogP contribution in [0.4, 0.5) is 5.69 Å². The zero-order valence-corrected chi connectivity index (χ0v) is 17.8. The lowest BCUT2D eigenvalue weighted by Crippen LogP contribution is -2.14. The smallest absolute Gasteiger partial charge is 0.228 e. The number of nitrogens with zero attached hydrogens (tertiary/aromatic N) is 2. The van der Waals surface area contributed by atoms with E-state index in [1.54, 1.807) is 23.7 Å². The van der Waals surface area contributed by atoms with Crippen molar-refractivity contribution in [2.75, 3.05) is 5.32 Å². The number of nitrogens with one attached hydrogen (secondary N) is 1. The number of thiazole rings is 1. The predicted octanol–water partition coefficient (Wildman–Crippen LogP) is 5.66. The monoisotopic (exact) mass is 497 g/mol. The van der Waals surface area contributed by atoms with Gasteiger partial charge in [-0.3, -0.25) is 9.78 Å². The Labute approximate surface area is 180 Å². The van der Waals surface area contributed by atoms with Crippen LogP contribution in [0.25, 0.3) is 21.8 Å². The van der Waals surface area contributed by atoms with E-state index in [1.807, 2.05) is 66.0 Å². The van der Waals surface area contributed by atoms with Gasteiger partial charge in [-0.1, -0.05) is 24.3 Å². The number of carbonyl (C=O) groups is 1. The van der Waals surface area contributed by atoms with Crippen molar-refractivity contribution in [2.24, 2.45) is 0 Å². The van der Waals surface area contributed by atoms with Gasteiger partial charge in [-0.15, -0.1) is 11.3 Å². The zero-order chi connectivity index (χ0) is 19.3. The van der Waals surface area contributed by atoms with E-state index in [0.717, 1.165) is 36.6 Å². The van der Waals surface area contributed by atoms with Gasteiger partial charge in [0.2, 0.25) is 5.91 Å². The lowest BCUT2D eigenvalue weighted by Gasteiger charge is -2.06. The van der Waals surface area contributed by atoms with Crippen LogP contribution in [0.2, 0.25) is 0 Å². The first kappa shape index (κ1) is 18.8. The van der Waals surface area contributed by atoms with Crippen LogP contribution in [0, 0.1) is 3.57 Å². The summed E-state index contributed by atoms with van der Waals surface area (Å²) in [6.07, 6.45) is 3.88. The van der Waals surface area contributed by atoms with E-state index < -0.39 is 0 Å². The van der Waals surface area contributed by atoms with Crippen molar-refractivity contribution >= 4 is 45.5 Å². The van der Waals surface area contributed by atoms with Gasteiger partial charge in [0.15, 0.2) is 0 Å². The minimum Gasteiger partial charge on any atom is -0.326 e. The third-order valence-corrected chi connectivity index (χ3v) is 5.78. The summed E-state index contributed by atoms with van der Waals surface area (Å²) in [5.74, 6) is -0.0254. The summed E-state index contributed by atoms with van der Waals surface area (Å²) in [5.41, 5.74) is 4.82. The van der Waals surface area contributed by atoms with E-state index in [-0.39, 0.29) is 5.91 Å². The summed E-state index contributed by atoms with van der Waals surface area (Å²) in [6.45, 7) is 0. The van der Waals surface area contributed by atoms with E-state index in [9.17, 15) is 4.79 Å². The van der Waals surface area contributed by atoms with Gasteiger partial charge in [-0.05, 0) is 64.6 Å². The van der Waals surface area contributed by atoms with Crippen molar-refractivity contribution in [1.29, 1.82) is 0 Å². The molecule has 1 amide bonds. The minimum absolute atomic E-state index is 0.0254. The first-order valence-electron chi connectivity index (χ1n) is 8.68. The van der Waals surface area contributed by atoms with Crippen molar-refractivity contribution < 1.29 is 4.79 Å². The number of amides is 1. The molecule has 0 fully saturated rings. The fourth-order valence-electron chi connectivity index (χ4n) is 2.75. The number of hydrogen-bond acceptors (Lipinski definition) is 4. The molecule has 0 aliphatic rings. The Morgan fingerprint density at radius 1 is 0.929 bits per heavy atom. The van der Waals surface area contributed by atoms with Crippen LogP contribution in [-0.2, 0) is 11.2 Å². The maximum atomic E-state index is 12.3. The molecule has 4 aromatic rings. The first-order chi connectivity index (χ1) is 13.7. The maximum Gasteiger partial charge on any atom is 0.228 e. The number of aromatic nitrogens is 2. The van der Waals surface area contributed by atoms with E-state index in [2.05, 4.69) is 32.9 Å². The zero-order valence-electron chi connectivity index (χ0n) is 14.8. The average Bonchev–Trinajstić information content (AvgIpc) is 3.21. The Balaban J connectivity index is 1.42. The number of benzene rings is 2. The summed E-state index contributed by atoms with van der Waals surface area (Å²) >= 11 is 3.85. The number of carbonyl (C=O) groups excluding carboxylic acids is 1. The van der Waals surface area contributed by atoms with Crippen LogP contribution < -0.4 is 5.32 Å². The third-order valence-electron chi connectivity index (χ3n) is 4.17. The van der Waals surface area contributed by atoms with E-state index >= 15 is 0 Å². The molecule has 0 atom stereocenters. The summed E-state index contributed by atoms with van der Waals surface area (Å²) in [5, 5.41) is 5.95. The molecule has 2 heterocycles. The quantitative estimate of drug-likeness (QED) is 0.362. The maximum absolute atomic E-state index is 12.3. The first-order valence-corrected chi connectivity index (χ1v) is 10.6. The fourth-order valence-corrected chi connectivity index (χ4v) is 3.95. The second-order valence-electron chi connectivity index (χ2n) is 6.20. The predicted molar refractivity (Wildman–Crippen MR) is 122 cm³/mol. The van der Waals surface area contributed by atoms with E-state index in [4.69, 9.17) is 4.98 Å². The van der Waals surface area contributed by atoms with Crippen molar-refractivity contribution in [3.63, 3.8) is 0 Å². The van der Waals surface area contributed by atoms with E-state index in [0.29, 0.717) is 6.42 Å². The molecule has 28 heavy (non-hydrogen) atoms. The molecule has 2 aromatic carbocycles. The van der Waals surface area contributed by atoms with Crippen LogP contribution >= 0.6 is 33.9 Å². The second kappa shape index (κ2) is 8.62. The van der Waals surface area contributed by atoms with Crippen molar-refractivity contribution in [3.05, 3.63) is 87.6 Å². The average molecular weight is 497 g/mol. The molecule has 0 unspecified atom stereocenters. The standard InChI is InChI=1S/C22H16IN3OS/c23-18-5-7-19(8-6-18)25-21(27)13-15-1-3-16(4-2-15)20-14-28-22(26-20)17-9-11-24-12-10-17/h1-12,14H,13H2,(H,25,27). The molecule has 0 saturated carbocycles. The molecular formula is C22H16IN3OS. The van der Waals surface area contributed by atoms with Crippen LogP contribution in [0.15, 0.2) is 78.4 Å². The van der Waals surface area contributed by atoms with Crippen LogP contribution in [0.5, 0.6) is 0 Å². The summed E-state index contributed by atoms with van der Waals surface area (Å²) in [7, 11) is 0. The molecule has 1 N–H and O–H groups in total. The van der Waals surface area contributed by atoms with Gasteiger partial charge < -0.3 is 5.32 Å². The molecule has 6 heteroatoms.